The van der Waals surface area contributed by atoms with Crippen molar-refractivity contribution in [3.63, 3.8) is 0 Å². The number of amides is 3. The molecule has 29 heavy (non-hydrogen) atoms. The molecular weight excluding hydrogens is 439 g/mol. The Hall–Kier alpha value is -2.41. The number of halogens is 3. The molecule has 3 rings (SSSR count). The second kappa shape index (κ2) is 8.53. The molecule has 0 saturated carbocycles. The summed E-state index contributed by atoms with van der Waals surface area (Å²) in [6.45, 7) is 1.45. The van der Waals surface area contributed by atoms with Gasteiger partial charge in [-0.05, 0) is 49.4 Å². The van der Waals surface area contributed by atoms with Gasteiger partial charge in [-0.2, -0.15) is 5.01 Å². The number of ketones is 1. The van der Waals surface area contributed by atoms with Crippen LogP contribution in [0, 0.1) is 0 Å². The smallest absolute Gasteiger partial charge is 0.273 e. The summed E-state index contributed by atoms with van der Waals surface area (Å²) >= 11 is 17.8. The topological polar surface area (TPSA) is 74.8 Å². The van der Waals surface area contributed by atoms with Crippen molar-refractivity contribution < 1.29 is 19.2 Å². The van der Waals surface area contributed by atoms with Gasteiger partial charge in [0.15, 0.2) is 5.78 Å². The maximum absolute atomic E-state index is 13.2. The largest absolute Gasteiger partial charge is 0.292 e. The summed E-state index contributed by atoms with van der Waals surface area (Å²) in [5.41, 5.74) is 0.371. The molecule has 9 heteroatoms. The number of nitrogens with zero attached hydrogens (tertiary/aromatic N) is 2. The van der Waals surface area contributed by atoms with Gasteiger partial charge in [-0.15, -0.1) is 0 Å². The van der Waals surface area contributed by atoms with E-state index in [1.807, 2.05) is 0 Å². The molecule has 6 nitrogen and oxygen atoms in total. The van der Waals surface area contributed by atoms with Crippen LogP contribution < -0.4 is 0 Å². The Morgan fingerprint density at radius 2 is 1.45 bits per heavy atom. The summed E-state index contributed by atoms with van der Waals surface area (Å²) in [7, 11) is 0. The number of rotatable bonds is 5. The van der Waals surface area contributed by atoms with Gasteiger partial charge in [0.2, 0.25) is 11.8 Å². The second-order valence-corrected chi connectivity index (χ2v) is 7.68. The van der Waals surface area contributed by atoms with E-state index < -0.39 is 29.5 Å². The number of Topliss-reactive ketones (excluding diaryl/α,β-unsaturated/α-hetero) is 1. The average Bonchev–Trinajstić information content (AvgIpc) is 3.02. The number of carbonyl (C=O) groups is 4. The highest BCUT2D eigenvalue weighted by Crippen LogP contribution is 2.26. The van der Waals surface area contributed by atoms with Crippen molar-refractivity contribution in [1.82, 2.24) is 10.0 Å². The Bertz CT molecular complexity index is 991. The third kappa shape index (κ3) is 4.29. The molecule has 1 saturated heterocycles. The first-order valence-corrected chi connectivity index (χ1v) is 9.78. The van der Waals surface area contributed by atoms with Crippen LogP contribution in [0.4, 0.5) is 0 Å². The first-order valence-electron chi connectivity index (χ1n) is 8.64. The zero-order valence-electron chi connectivity index (χ0n) is 15.2. The lowest BCUT2D eigenvalue weighted by molar-refractivity contribution is -0.154. The van der Waals surface area contributed by atoms with Crippen LogP contribution in [0.1, 0.15) is 40.5 Å². The van der Waals surface area contributed by atoms with Crippen LogP contribution in [0.25, 0.3) is 0 Å². The molecule has 2 aromatic rings. The first-order chi connectivity index (χ1) is 13.7. The quantitative estimate of drug-likeness (QED) is 0.496. The number of hydrazine groups is 1. The number of carbonyl (C=O) groups excluding carboxylic acids is 4. The van der Waals surface area contributed by atoms with Crippen molar-refractivity contribution in [2.45, 2.75) is 25.8 Å². The van der Waals surface area contributed by atoms with Crippen LogP contribution in [-0.4, -0.2) is 39.6 Å². The average molecular weight is 454 g/mol. The number of hydrogen-bond donors (Lipinski definition) is 0. The Labute approximate surface area is 181 Å². The van der Waals surface area contributed by atoms with E-state index in [-0.39, 0.29) is 34.0 Å². The predicted octanol–water partition coefficient (Wildman–Crippen LogP) is 4.42. The molecule has 150 valence electrons. The van der Waals surface area contributed by atoms with Gasteiger partial charge in [0.05, 0.1) is 10.0 Å². The van der Waals surface area contributed by atoms with Gasteiger partial charge in [0.1, 0.15) is 6.04 Å². The van der Waals surface area contributed by atoms with E-state index in [0.717, 1.165) is 10.0 Å². The molecule has 1 aliphatic rings. The zero-order chi connectivity index (χ0) is 21.3. The lowest BCUT2D eigenvalue weighted by Crippen LogP contribution is -2.55. The lowest BCUT2D eigenvalue weighted by atomic mass is 10.0. The van der Waals surface area contributed by atoms with Gasteiger partial charge in [-0.3, -0.25) is 19.2 Å². The standard InChI is InChI=1S/C20H15Cl3N2O4/c1-11(19(28)12-2-5-14(21)6-3-12)24(25-17(26)8-9-18(25)27)20(29)13-4-7-15(22)16(23)10-13/h2-7,10-11H,8-9H2,1H3/t11-/m0/s1. The molecule has 1 atom stereocenters. The van der Waals surface area contributed by atoms with E-state index in [2.05, 4.69) is 0 Å². The van der Waals surface area contributed by atoms with Crippen LogP contribution in [0.3, 0.4) is 0 Å². The van der Waals surface area contributed by atoms with Crippen LogP contribution >= 0.6 is 34.8 Å². The monoisotopic (exact) mass is 452 g/mol. The number of hydrogen-bond acceptors (Lipinski definition) is 4. The van der Waals surface area contributed by atoms with Crippen molar-refractivity contribution in [2.24, 2.45) is 0 Å². The molecule has 0 spiro atoms. The molecule has 3 amide bonds. The zero-order valence-corrected chi connectivity index (χ0v) is 17.5. The third-order valence-electron chi connectivity index (χ3n) is 4.49. The van der Waals surface area contributed by atoms with Crippen LogP contribution in [0.5, 0.6) is 0 Å². The second-order valence-electron chi connectivity index (χ2n) is 6.43. The molecule has 0 bridgehead atoms. The fourth-order valence-electron chi connectivity index (χ4n) is 2.97. The van der Waals surface area contributed by atoms with Crippen molar-refractivity contribution in [3.8, 4) is 0 Å². The summed E-state index contributed by atoms with van der Waals surface area (Å²) in [5, 5.41) is 2.45. The number of benzene rings is 2. The van der Waals surface area contributed by atoms with Crippen LogP contribution in [-0.2, 0) is 9.59 Å². The van der Waals surface area contributed by atoms with Crippen molar-refractivity contribution >= 4 is 58.3 Å². The predicted molar refractivity (Wildman–Crippen MR) is 109 cm³/mol. The first kappa shape index (κ1) is 21.3. The SMILES string of the molecule is C[C@@H](C(=O)c1ccc(Cl)cc1)N(C(=O)c1ccc(Cl)c(Cl)c1)N1C(=O)CCC1=O. The minimum atomic E-state index is -1.14. The summed E-state index contributed by atoms with van der Waals surface area (Å²) in [4.78, 5) is 50.9. The Balaban J connectivity index is 2.02. The molecule has 0 aliphatic carbocycles. The summed E-state index contributed by atoms with van der Waals surface area (Å²) in [6.07, 6.45) is -0.0717. The highest BCUT2D eigenvalue weighted by molar-refractivity contribution is 6.42. The maximum Gasteiger partial charge on any atom is 0.273 e. The van der Waals surface area contributed by atoms with E-state index >= 15 is 0 Å². The molecule has 0 unspecified atom stereocenters. The van der Waals surface area contributed by atoms with Gasteiger partial charge in [-0.25, -0.2) is 5.01 Å². The third-order valence-corrected chi connectivity index (χ3v) is 5.48. The molecule has 1 fully saturated rings. The van der Waals surface area contributed by atoms with Crippen molar-refractivity contribution in [2.75, 3.05) is 0 Å². The fraction of sp³-hybridized carbons (Fsp3) is 0.200. The maximum atomic E-state index is 13.2. The molecule has 0 aromatic heterocycles. The Morgan fingerprint density at radius 1 is 0.897 bits per heavy atom. The van der Waals surface area contributed by atoms with Gasteiger partial charge in [0.25, 0.3) is 5.91 Å². The summed E-state index contributed by atoms with van der Waals surface area (Å²) < 4.78 is 0. The van der Waals surface area contributed by atoms with Gasteiger partial charge in [-0.1, -0.05) is 34.8 Å². The van der Waals surface area contributed by atoms with E-state index in [1.54, 1.807) is 12.1 Å². The van der Waals surface area contributed by atoms with E-state index in [0.29, 0.717) is 5.02 Å². The van der Waals surface area contributed by atoms with Crippen molar-refractivity contribution in [3.05, 3.63) is 68.7 Å². The molecule has 0 radical (unpaired) electrons. The minimum absolute atomic E-state index is 0.0359. The summed E-state index contributed by atoms with van der Waals surface area (Å²) in [6, 6.07) is 9.13. The molecule has 0 N–H and O–H groups in total. The van der Waals surface area contributed by atoms with Gasteiger partial charge < -0.3 is 0 Å². The number of imide groups is 1. The summed E-state index contributed by atoms with van der Waals surface area (Å²) in [5.74, 6) is -2.29. The highest BCUT2D eigenvalue weighted by Gasteiger charge is 2.41. The molecule has 2 aromatic carbocycles. The Kier molecular flexibility index (Phi) is 6.27. The normalized spacial score (nSPS) is 14.8. The van der Waals surface area contributed by atoms with E-state index in [1.165, 1.54) is 37.3 Å². The molecule has 1 heterocycles. The lowest BCUT2D eigenvalue weighted by Gasteiger charge is -2.34. The van der Waals surface area contributed by atoms with E-state index in [4.69, 9.17) is 34.8 Å². The fourth-order valence-corrected chi connectivity index (χ4v) is 3.40. The van der Waals surface area contributed by atoms with Gasteiger partial charge in [0, 0.05) is 29.0 Å². The molecular formula is C20H15Cl3N2O4. The van der Waals surface area contributed by atoms with Crippen molar-refractivity contribution in [1.29, 1.82) is 0 Å². The van der Waals surface area contributed by atoms with Crippen LogP contribution in [0.2, 0.25) is 15.1 Å². The van der Waals surface area contributed by atoms with E-state index in [9.17, 15) is 19.2 Å². The Morgan fingerprint density at radius 3 is 2.00 bits per heavy atom. The van der Waals surface area contributed by atoms with Crippen LogP contribution in [0.15, 0.2) is 42.5 Å². The molecule has 1 aliphatic heterocycles. The highest BCUT2D eigenvalue weighted by atomic mass is 35.5. The van der Waals surface area contributed by atoms with Gasteiger partial charge >= 0.3 is 0 Å². The minimum Gasteiger partial charge on any atom is -0.292 e.